The fourth-order valence-electron chi connectivity index (χ4n) is 1.47. The highest BCUT2D eigenvalue weighted by molar-refractivity contribution is 6.03. The fraction of sp³-hybridized carbons (Fsp3) is 0.385. The molecule has 0 aliphatic heterocycles. The van der Waals surface area contributed by atoms with Gasteiger partial charge < -0.3 is 15.3 Å². The van der Waals surface area contributed by atoms with Crippen molar-refractivity contribution in [3.63, 3.8) is 0 Å². The van der Waals surface area contributed by atoms with Crippen LogP contribution in [-0.2, 0) is 4.79 Å². The minimum Gasteiger partial charge on any atom is -0.396 e. The number of hydrogen-bond acceptors (Lipinski definition) is 3. The molecule has 0 fully saturated rings. The molecular formula is C13H18N2O3. The molecule has 0 bridgehead atoms. The summed E-state index contributed by atoms with van der Waals surface area (Å²) in [6, 6.07) is 6.87. The summed E-state index contributed by atoms with van der Waals surface area (Å²) in [5, 5.41) is 11.3. The van der Waals surface area contributed by atoms with Gasteiger partial charge in [0.1, 0.15) is 0 Å². The Morgan fingerprint density at radius 2 is 1.94 bits per heavy atom. The van der Waals surface area contributed by atoms with Crippen LogP contribution in [0, 0.1) is 0 Å². The van der Waals surface area contributed by atoms with Gasteiger partial charge >= 0.3 is 0 Å². The van der Waals surface area contributed by atoms with E-state index in [1.165, 1.54) is 4.90 Å². The number of nitrogens with zero attached hydrogens (tertiary/aromatic N) is 1. The number of para-hydroxylation sites is 1. The van der Waals surface area contributed by atoms with Crippen LogP contribution in [0.4, 0.5) is 5.69 Å². The molecule has 1 aromatic rings. The first-order valence-electron chi connectivity index (χ1n) is 5.77. The van der Waals surface area contributed by atoms with Crippen LogP contribution >= 0.6 is 0 Å². The Balaban J connectivity index is 2.82. The lowest BCUT2D eigenvalue weighted by molar-refractivity contribution is -0.116. The van der Waals surface area contributed by atoms with Crippen LogP contribution < -0.4 is 5.32 Å². The maximum Gasteiger partial charge on any atom is 0.255 e. The van der Waals surface area contributed by atoms with Crippen molar-refractivity contribution in [2.75, 3.05) is 26.0 Å². The molecular weight excluding hydrogens is 232 g/mol. The Hall–Kier alpha value is -1.88. The van der Waals surface area contributed by atoms with E-state index in [1.54, 1.807) is 38.4 Å². The summed E-state index contributed by atoms with van der Waals surface area (Å²) in [4.78, 5) is 24.9. The molecule has 1 rings (SSSR count). The zero-order chi connectivity index (χ0) is 13.5. The smallest absolute Gasteiger partial charge is 0.255 e. The summed E-state index contributed by atoms with van der Waals surface area (Å²) in [7, 11) is 3.32. The lowest BCUT2D eigenvalue weighted by Crippen LogP contribution is -2.24. The molecule has 0 saturated carbocycles. The van der Waals surface area contributed by atoms with Gasteiger partial charge in [-0.2, -0.15) is 0 Å². The van der Waals surface area contributed by atoms with Crippen LogP contribution in [-0.4, -0.2) is 42.5 Å². The molecule has 0 spiro atoms. The summed E-state index contributed by atoms with van der Waals surface area (Å²) in [5.41, 5.74) is 0.957. The Labute approximate surface area is 106 Å². The number of benzene rings is 1. The van der Waals surface area contributed by atoms with Gasteiger partial charge in [0.05, 0.1) is 11.3 Å². The van der Waals surface area contributed by atoms with Gasteiger partial charge in [-0.15, -0.1) is 0 Å². The van der Waals surface area contributed by atoms with Crippen LogP contribution in [0.15, 0.2) is 24.3 Å². The number of nitrogens with one attached hydrogen (secondary N) is 1. The van der Waals surface area contributed by atoms with Crippen molar-refractivity contribution in [1.82, 2.24) is 4.90 Å². The second kappa shape index (κ2) is 6.76. The average Bonchev–Trinajstić information content (AvgIpc) is 2.36. The molecule has 5 heteroatoms. The van der Waals surface area contributed by atoms with E-state index in [0.717, 1.165) is 0 Å². The number of amides is 2. The molecule has 0 aromatic heterocycles. The van der Waals surface area contributed by atoms with Crippen LogP contribution in [0.2, 0.25) is 0 Å². The second-order valence-electron chi connectivity index (χ2n) is 4.12. The Morgan fingerprint density at radius 1 is 1.28 bits per heavy atom. The summed E-state index contributed by atoms with van der Waals surface area (Å²) in [6.07, 6.45) is 0.649. The summed E-state index contributed by atoms with van der Waals surface area (Å²) < 4.78 is 0. The van der Waals surface area contributed by atoms with E-state index in [1.807, 2.05) is 0 Å². The number of carbonyl (C=O) groups excluding carboxylic acids is 2. The van der Waals surface area contributed by atoms with Gasteiger partial charge in [0.2, 0.25) is 5.91 Å². The van der Waals surface area contributed by atoms with E-state index in [2.05, 4.69) is 5.32 Å². The van der Waals surface area contributed by atoms with Gasteiger partial charge in [-0.3, -0.25) is 9.59 Å². The number of carbonyl (C=O) groups is 2. The first kappa shape index (κ1) is 14.2. The third-order valence-corrected chi connectivity index (χ3v) is 2.40. The molecule has 1 aromatic carbocycles. The number of anilines is 1. The third kappa shape index (κ3) is 3.85. The van der Waals surface area contributed by atoms with Crippen molar-refractivity contribution >= 4 is 17.5 Å². The topological polar surface area (TPSA) is 69.6 Å². The predicted molar refractivity (Wildman–Crippen MR) is 69.4 cm³/mol. The highest BCUT2D eigenvalue weighted by atomic mass is 16.3. The van der Waals surface area contributed by atoms with Crippen molar-refractivity contribution in [3.05, 3.63) is 29.8 Å². The van der Waals surface area contributed by atoms with Gasteiger partial charge in [-0.05, 0) is 18.6 Å². The summed E-state index contributed by atoms with van der Waals surface area (Å²) in [6.45, 7) is -0.0221. The van der Waals surface area contributed by atoms with E-state index in [-0.39, 0.29) is 24.8 Å². The SMILES string of the molecule is CN(C)C(=O)c1ccccc1NC(=O)CCCO. The quantitative estimate of drug-likeness (QED) is 0.822. The second-order valence-corrected chi connectivity index (χ2v) is 4.12. The minimum absolute atomic E-state index is 0.0221. The van der Waals surface area contributed by atoms with Crippen LogP contribution in [0.3, 0.4) is 0 Å². The average molecular weight is 250 g/mol. The number of hydrogen-bond donors (Lipinski definition) is 2. The zero-order valence-electron chi connectivity index (χ0n) is 10.6. The van der Waals surface area contributed by atoms with Crippen molar-refractivity contribution in [3.8, 4) is 0 Å². The monoisotopic (exact) mass is 250 g/mol. The Kier molecular flexibility index (Phi) is 5.32. The van der Waals surface area contributed by atoms with Crippen LogP contribution in [0.1, 0.15) is 23.2 Å². The van der Waals surface area contributed by atoms with Crippen LogP contribution in [0.25, 0.3) is 0 Å². The maximum absolute atomic E-state index is 11.9. The standard InChI is InChI=1S/C13H18N2O3/c1-15(2)13(18)10-6-3-4-7-11(10)14-12(17)8-5-9-16/h3-4,6-7,16H,5,8-9H2,1-2H3,(H,14,17). The summed E-state index contributed by atoms with van der Waals surface area (Å²) >= 11 is 0. The van der Waals surface area contributed by atoms with Crippen molar-refractivity contribution < 1.29 is 14.7 Å². The predicted octanol–water partition coefficient (Wildman–Crippen LogP) is 1.10. The molecule has 5 nitrogen and oxygen atoms in total. The normalized spacial score (nSPS) is 9.94. The van der Waals surface area contributed by atoms with E-state index in [0.29, 0.717) is 17.7 Å². The van der Waals surface area contributed by atoms with Crippen molar-refractivity contribution in [2.24, 2.45) is 0 Å². The first-order valence-corrected chi connectivity index (χ1v) is 5.77. The van der Waals surface area contributed by atoms with Gasteiger partial charge in [0.15, 0.2) is 0 Å². The van der Waals surface area contributed by atoms with Crippen LogP contribution in [0.5, 0.6) is 0 Å². The molecule has 0 radical (unpaired) electrons. The zero-order valence-corrected chi connectivity index (χ0v) is 10.6. The largest absolute Gasteiger partial charge is 0.396 e. The molecule has 0 atom stereocenters. The lowest BCUT2D eigenvalue weighted by atomic mass is 10.1. The van der Waals surface area contributed by atoms with Gasteiger partial charge in [0.25, 0.3) is 5.91 Å². The minimum atomic E-state index is -0.206. The maximum atomic E-state index is 11.9. The molecule has 0 aliphatic rings. The molecule has 2 amide bonds. The molecule has 2 N–H and O–H groups in total. The molecule has 18 heavy (non-hydrogen) atoms. The van der Waals surface area contributed by atoms with Crippen molar-refractivity contribution in [2.45, 2.75) is 12.8 Å². The third-order valence-electron chi connectivity index (χ3n) is 2.40. The van der Waals surface area contributed by atoms with Gasteiger partial charge in [-0.1, -0.05) is 12.1 Å². The lowest BCUT2D eigenvalue weighted by Gasteiger charge is -2.14. The molecule has 0 unspecified atom stereocenters. The number of rotatable bonds is 5. The molecule has 0 heterocycles. The summed E-state index contributed by atoms with van der Waals surface area (Å²) in [5.74, 6) is -0.365. The Morgan fingerprint density at radius 3 is 2.56 bits per heavy atom. The van der Waals surface area contributed by atoms with Gasteiger partial charge in [0, 0.05) is 27.1 Å². The molecule has 98 valence electrons. The van der Waals surface area contributed by atoms with E-state index >= 15 is 0 Å². The van der Waals surface area contributed by atoms with E-state index in [4.69, 9.17) is 5.11 Å². The van der Waals surface area contributed by atoms with E-state index < -0.39 is 0 Å². The fourth-order valence-corrected chi connectivity index (χ4v) is 1.47. The molecule has 0 aliphatic carbocycles. The number of aliphatic hydroxyl groups excluding tert-OH is 1. The highest BCUT2D eigenvalue weighted by Crippen LogP contribution is 2.16. The van der Waals surface area contributed by atoms with E-state index in [9.17, 15) is 9.59 Å². The first-order chi connectivity index (χ1) is 8.56. The Bertz CT molecular complexity index is 430. The number of aliphatic hydroxyl groups is 1. The van der Waals surface area contributed by atoms with Gasteiger partial charge in [-0.25, -0.2) is 0 Å². The highest BCUT2D eigenvalue weighted by Gasteiger charge is 2.14. The van der Waals surface area contributed by atoms with Crippen molar-refractivity contribution in [1.29, 1.82) is 0 Å². The molecule has 0 saturated heterocycles.